The Kier molecular flexibility index (Phi) is 10.1. The third-order valence-electron chi connectivity index (χ3n) is 5.16. The summed E-state index contributed by atoms with van der Waals surface area (Å²) in [6.45, 7) is 18.2. The van der Waals surface area contributed by atoms with Gasteiger partial charge >= 0.3 is 0 Å². The summed E-state index contributed by atoms with van der Waals surface area (Å²) >= 11 is 0. The Morgan fingerprint density at radius 3 is 1.87 bits per heavy atom. The molecule has 0 aromatic rings. The molecule has 0 heterocycles. The zero-order chi connectivity index (χ0) is 18.2. The largest absolute Gasteiger partial charge is 0.392 e. The maximum atomic E-state index is 9.27. The molecule has 0 aliphatic heterocycles. The molecule has 3 heteroatoms. The van der Waals surface area contributed by atoms with Crippen molar-refractivity contribution < 1.29 is 9.84 Å². The molecule has 0 bridgehead atoms. The fourth-order valence-corrected chi connectivity index (χ4v) is 9.07. The van der Waals surface area contributed by atoms with Crippen LogP contribution in [-0.2, 0) is 4.74 Å². The van der Waals surface area contributed by atoms with Crippen LogP contribution < -0.4 is 0 Å². The van der Waals surface area contributed by atoms with Gasteiger partial charge in [-0.2, -0.15) is 0 Å². The molecular formula is C20H38O2Si. The molecule has 2 atom stereocenters. The minimum absolute atomic E-state index is 0.0929. The van der Waals surface area contributed by atoms with Gasteiger partial charge in [0.1, 0.15) is 14.2 Å². The number of aliphatic hydroxyl groups excluding tert-OH is 1. The van der Waals surface area contributed by atoms with Crippen molar-refractivity contribution in [3.05, 3.63) is 11.6 Å². The molecule has 0 spiro atoms. The summed E-state index contributed by atoms with van der Waals surface area (Å²) in [5.41, 5.74) is 6.63. The molecule has 0 saturated carbocycles. The van der Waals surface area contributed by atoms with E-state index in [9.17, 15) is 5.11 Å². The van der Waals surface area contributed by atoms with E-state index in [-0.39, 0.29) is 18.6 Å². The standard InChI is InChI=1S/C20H38O2Si/c1-10-19(13-18(8)14-21)20(22-9)11-12-23(15(2)3,16(4)5)17(6)7/h13,15-17,19-21H,10,14H2,1-9H3/b18-13-/t19-,20-/m1/s1. The minimum atomic E-state index is -1.72. The van der Waals surface area contributed by atoms with E-state index in [0.717, 1.165) is 12.0 Å². The normalized spacial score (nSPS) is 15.8. The second-order valence-electron chi connectivity index (χ2n) is 7.57. The van der Waals surface area contributed by atoms with E-state index < -0.39 is 8.07 Å². The quantitative estimate of drug-likeness (QED) is 0.375. The van der Waals surface area contributed by atoms with Gasteiger partial charge in [-0.15, -0.1) is 5.54 Å². The van der Waals surface area contributed by atoms with Crippen molar-refractivity contribution in [1.29, 1.82) is 0 Å². The van der Waals surface area contributed by atoms with Crippen molar-refractivity contribution in [3.8, 4) is 11.5 Å². The van der Waals surface area contributed by atoms with Crippen LogP contribution in [0.4, 0.5) is 0 Å². The molecule has 0 aromatic carbocycles. The molecule has 0 aliphatic rings. The second-order valence-corrected chi connectivity index (χ2v) is 13.1. The van der Waals surface area contributed by atoms with Gasteiger partial charge in [-0.1, -0.05) is 66.0 Å². The zero-order valence-corrected chi connectivity index (χ0v) is 17.7. The summed E-state index contributed by atoms with van der Waals surface area (Å²) in [6, 6.07) is 0. The molecular weight excluding hydrogens is 300 g/mol. The fourth-order valence-electron chi connectivity index (χ4n) is 3.81. The molecule has 23 heavy (non-hydrogen) atoms. The van der Waals surface area contributed by atoms with E-state index in [1.807, 2.05) is 6.92 Å². The first kappa shape index (κ1) is 22.4. The highest BCUT2D eigenvalue weighted by atomic mass is 28.3. The maximum Gasteiger partial charge on any atom is 0.146 e. The lowest BCUT2D eigenvalue weighted by Gasteiger charge is -2.38. The maximum absolute atomic E-state index is 9.27. The molecule has 0 aromatic heterocycles. The van der Waals surface area contributed by atoms with E-state index in [1.54, 1.807) is 7.11 Å². The van der Waals surface area contributed by atoms with Crippen molar-refractivity contribution >= 4 is 8.07 Å². The number of ether oxygens (including phenoxy) is 1. The number of methoxy groups -OCH3 is 1. The Labute approximate surface area is 145 Å². The third-order valence-corrected chi connectivity index (χ3v) is 11.5. The summed E-state index contributed by atoms with van der Waals surface area (Å²) in [6.07, 6.45) is 2.99. The average molecular weight is 339 g/mol. The first-order valence-electron chi connectivity index (χ1n) is 9.00. The van der Waals surface area contributed by atoms with Crippen LogP contribution >= 0.6 is 0 Å². The van der Waals surface area contributed by atoms with Gasteiger partial charge in [-0.3, -0.25) is 0 Å². The van der Waals surface area contributed by atoms with Gasteiger partial charge in [-0.05, 0) is 30.0 Å². The average Bonchev–Trinajstić information content (AvgIpc) is 2.48. The molecule has 134 valence electrons. The van der Waals surface area contributed by atoms with Gasteiger partial charge in [-0.25, -0.2) is 0 Å². The summed E-state index contributed by atoms with van der Waals surface area (Å²) in [4.78, 5) is 0. The molecule has 0 fully saturated rings. The van der Waals surface area contributed by atoms with Crippen LogP contribution in [0.5, 0.6) is 0 Å². The molecule has 1 N–H and O–H groups in total. The highest BCUT2D eigenvalue weighted by Gasteiger charge is 2.41. The second kappa shape index (κ2) is 10.3. The Hall–Kier alpha value is -0.563. The Morgan fingerprint density at radius 2 is 1.57 bits per heavy atom. The van der Waals surface area contributed by atoms with Gasteiger partial charge < -0.3 is 9.84 Å². The van der Waals surface area contributed by atoms with Gasteiger partial charge in [0, 0.05) is 13.0 Å². The van der Waals surface area contributed by atoms with Gasteiger partial charge in [0.15, 0.2) is 0 Å². The van der Waals surface area contributed by atoms with Gasteiger partial charge in [0.05, 0.1) is 6.61 Å². The predicted molar refractivity (Wildman–Crippen MR) is 104 cm³/mol. The first-order valence-corrected chi connectivity index (χ1v) is 11.2. The van der Waals surface area contributed by atoms with Crippen LogP contribution in [-0.4, -0.2) is 33.0 Å². The van der Waals surface area contributed by atoms with Crippen LogP contribution in [0.1, 0.15) is 61.8 Å². The molecule has 0 radical (unpaired) electrons. The molecule has 2 nitrogen and oxygen atoms in total. The van der Waals surface area contributed by atoms with Crippen LogP contribution in [0, 0.1) is 17.4 Å². The van der Waals surface area contributed by atoms with E-state index >= 15 is 0 Å². The zero-order valence-electron chi connectivity index (χ0n) is 16.7. The summed E-state index contributed by atoms with van der Waals surface area (Å²) in [5.74, 6) is 3.73. The fraction of sp³-hybridized carbons (Fsp3) is 0.800. The van der Waals surface area contributed by atoms with E-state index in [4.69, 9.17) is 4.74 Å². The van der Waals surface area contributed by atoms with Crippen LogP contribution in [0.15, 0.2) is 11.6 Å². The molecule has 0 unspecified atom stereocenters. The molecule has 0 saturated heterocycles. The first-order chi connectivity index (χ1) is 10.7. The number of aliphatic hydroxyl groups is 1. The highest BCUT2D eigenvalue weighted by Crippen LogP contribution is 2.40. The molecule has 0 amide bonds. The smallest absolute Gasteiger partial charge is 0.146 e. The van der Waals surface area contributed by atoms with E-state index in [0.29, 0.717) is 16.6 Å². The Bertz CT molecular complexity index is 405. The lowest BCUT2D eigenvalue weighted by molar-refractivity contribution is 0.112. The van der Waals surface area contributed by atoms with Crippen molar-refractivity contribution in [3.63, 3.8) is 0 Å². The number of hydrogen-bond acceptors (Lipinski definition) is 2. The third kappa shape index (κ3) is 5.78. The predicted octanol–water partition coefficient (Wildman–Crippen LogP) is 5.19. The molecule has 0 rings (SSSR count). The lowest BCUT2D eigenvalue weighted by atomic mass is 9.97. The van der Waals surface area contributed by atoms with Crippen molar-refractivity contribution in [2.75, 3.05) is 13.7 Å². The number of rotatable bonds is 8. The van der Waals surface area contributed by atoms with Gasteiger partial charge in [0.2, 0.25) is 0 Å². The minimum Gasteiger partial charge on any atom is -0.392 e. The SMILES string of the molecule is CC[C@H](/C=C(/C)CO)[C@@H](C#C[Si](C(C)C)(C(C)C)C(C)C)OC. The Morgan fingerprint density at radius 1 is 1.09 bits per heavy atom. The van der Waals surface area contributed by atoms with Crippen LogP contribution in [0.2, 0.25) is 16.6 Å². The van der Waals surface area contributed by atoms with E-state index in [2.05, 4.69) is 66.0 Å². The summed E-state index contributed by atoms with van der Waals surface area (Å²) in [7, 11) is 0.0188. The van der Waals surface area contributed by atoms with E-state index in [1.165, 1.54) is 0 Å². The molecule has 0 aliphatic carbocycles. The van der Waals surface area contributed by atoms with Crippen molar-refractivity contribution in [2.45, 2.75) is 84.5 Å². The highest BCUT2D eigenvalue weighted by molar-refractivity contribution is 6.90. The lowest BCUT2D eigenvalue weighted by Crippen LogP contribution is -2.43. The van der Waals surface area contributed by atoms with Gasteiger partial charge in [0.25, 0.3) is 0 Å². The summed E-state index contributed by atoms with van der Waals surface area (Å²) < 4.78 is 5.71. The van der Waals surface area contributed by atoms with Crippen LogP contribution in [0.25, 0.3) is 0 Å². The monoisotopic (exact) mass is 338 g/mol. The summed E-state index contributed by atoms with van der Waals surface area (Å²) in [5, 5.41) is 9.27. The Balaban J connectivity index is 5.73. The topological polar surface area (TPSA) is 29.5 Å². The van der Waals surface area contributed by atoms with Crippen LogP contribution in [0.3, 0.4) is 0 Å². The van der Waals surface area contributed by atoms with Crippen molar-refractivity contribution in [1.82, 2.24) is 0 Å². The number of hydrogen-bond donors (Lipinski definition) is 1. The van der Waals surface area contributed by atoms with Crippen molar-refractivity contribution in [2.24, 2.45) is 5.92 Å².